The first-order valence-corrected chi connectivity index (χ1v) is 5.63. The quantitative estimate of drug-likeness (QED) is 0.858. The second-order valence-electron chi connectivity index (χ2n) is 3.11. The van der Waals surface area contributed by atoms with Crippen LogP contribution in [0.15, 0.2) is 9.90 Å². The summed E-state index contributed by atoms with van der Waals surface area (Å²) in [5, 5.41) is 9.84. The zero-order chi connectivity index (χ0) is 10.7. The van der Waals surface area contributed by atoms with Crippen LogP contribution in [0, 0.1) is 6.92 Å². The van der Waals surface area contributed by atoms with E-state index >= 15 is 0 Å². The van der Waals surface area contributed by atoms with E-state index in [1.54, 1.807) is 11.3 Å². The van der Waals surface area contributed by atoms with Crippen LogP contribution in [0.1, 0.15) is 23.4 Å². The molecule has 0 unspecified atom stereocenters. The molecule has 0 aliphatic rings. The molecule has 0 aliphatic carbocycles. The van der Waals surface area contributed by atoms with E-state index in [0.29, 0.717) is 18.3 Å². The maximum atomic E-state index is 4.99. The van der Waals surface area contributed by atoms with Crippen LogP contribution >= 0.6 is 11.3 Å². The predicted molar refractivity (Wildman–Crippen MR) is 58.1 cm³/mol. The molecule has 0 saturated carbocycles. The summed E-state index contributed by atoms with van der Waals surface area (Å²) in [5.41, 5.74) is 1.03. The monoisotopic (exact) mass is 224 g/mol. The highest BCUT2D eigenvalue weighted by Crippen LogP contribution is 2.13. The van der Waals surface area contributed by atoms with E-state index in [2.05, 4.69) is 20.4 Å². The lowest BCUT2D eigenvalue weighted by Gasteiger charge is -1.90. The third-order valence-corrected chi connectivity index (χ3v) is 2.74. The number of rotatable bonds is 4. The predicted octanol–water partition coefficient (Wildman–Crippen LogP) is 1.86. The van der Waals surface area contributed by atoms with Crippen LogP contribution in [-0.2, 0) is 6.42 Å². The minimum atomic E-state index is 0.473. The molecule has 0 atom stereocenters. The maximum Gasteiger partial charge on any atom is 0.321 e. The van der Waals surface area contributed by atoms with Gasteiger partial charge in [-0.05, 0) is 13.8 Å². The van der Waals surface area contributed by atoms with Crippen molar-refractivity contribution in [3.05, 3.63) is 21.9 Å². The first kappa shape index (κ1) is 10.1. The van der Waals surface area contributed by atoms with E-state index in [1.807, 2.05) is 19.2 Å². The van der Waals surface area contributed by atoms with Crippen LogP contribution in [0.25, 0.3) is 0 Å². The minimum Gasteiger partial charge on any atom is -0.338 e. The number of thiazole rings is 1. The molecule has 0 amide bonds. The highest BCUT2D eigenvalue weighted by atomic mass is 32.1. The van der Waals surface area contributed by atoms with Gasteiger partial charge in [0.2, 0.25) is 0 Å². The Morgan fingerprint density at radius 2 is 2.33 bits per heavy atom. The van der Waals surface area contributed by atoms with Crippen molar-refractivity contribution in [3.8, 4) is 0 Å². The zero-order valence-electron chi connectivity index (χ0n) is 8.65. The highest BCUT2D eigenvalue weighted by Gasteiger charge is 2.07. The van der Waals surface area contributed by atoms with Gasteiger partial charge >= 0.3 is 6.01 Å². The first-order valence-electron chi connectivity index (χ1n) is 4.75. The van der Waals surface area contributed by atoms with Crippen molar-refractivity contribution >= 4 is 17.4 Å². The van der Waals surface area contributed by atoms with Gasteiger partial charge in [-0.15, -0.1) is 11.3 Å². The molecule has 0 radical (unpaired) electrons. The number of nitrogens with zero attached hydrogens (tertiary/aromatic N) is 3. The zero-order valence-corrected chi connectivity index (χ0v) is 9.47. The molecule has 0 bridgehead atoms. The van der Waals surface area contributed by atoms with Gasteiger partial charge in [-0.1, -0.05) is 5.16 Å². The standard InChI is InChI=1S/C9H12N4OS/c1-3-10-9-12-7(13-14-9)4-8-11-6(2)5-15-8/h5H,3-4H2,1-2H3,(H,10,12,13). The number of nitrogens with one attached hydrogen (secondary N) is 1. The Labute approximate surface area is 91.5 Å². The van der Waals surface area contributed by atoms with Gasteiger partial charge in [0.1, 0.15) is 5.01 Å². The third kappa shape index (κ3) is 2.53. The summed E-state index contributed by atoms with van der Waals surface area (Å²) < 4.78 is 4.99. The van der Waals surface area contributed by atoms with E-state index in [-0.39, 0.29) is 0 Å². The Morgan fingerprint density at radius 3 is 3.00 bits per heavy atom. The molecule has 2 heterocycles. The lowest BCUT2D eigenvalue weighted by Crippen LogP contribution is -1.96. The summed E-state index contributed by atoms with van der Waals surface area (Å²) in [6.45, 7) is 4.73. The fraction of sp³-hybridized carbons (Fsp3) is 0.444. The Kier molecular flexibility index (Phi) is 2.96. The Bertz CT molecular complexity index is 437. The van der Waals surface area contributed by atoms with Gasteiger partial charge in [0.05, 0.1) is 6.42 Å². The molecular weight excluding hydrogens is 212 g/mol. The fourth-order valence-electron chi connectivity index (χ4n) is 1.17. The second-order valence-corrected chi connectivity index (χ2v) is 4.05. The minimum absolute atomic E-state index is 0.473. The topological polar surface area (TPSA) is 63.8 Å². The van der Waals surface area contributed by atoms with Crippen molar-refractivity contribution in [2.45, 2.75) is 20.3 Å². The average molecular weight is 224 g/mol. The number of aryl methyl sites for hydroxylation is 1. The molecule has 1 N–H and O–H groups in total. The van der Waals surface area contributed by atoms with Crippen LogP contribution in [0.3, 0.4) is 0 Å². The van der Waals surface area contributed by atoms with Gasteiger partial charge in [-0.2, -0.15) is 4.98 Å². The molecule has 2 aromatic rings. The van der Waals surface area contributed by atoms with Crippen molar-refractivity contribution in [2.75, 3.05) is 11.9 Å². The Balaban J connectivity index is 2.04. The van der Waals surface area contributed by atoms with Crippen LogP contribution < -0.4 is 5.32 Å². The smallest absolute Gasteiger partial charge is 0.321 e. The average Bonchev–Trinajstić information content (AvgIpc) is 2.78. The molecule has 2 aromatic heterocycles. The van der Waals surface area contributed by atoms with Crippen molar-refractivity contribution < 1.29 is 4.52 Å². The molecule has 0 aliphatic heterocycles. The molecule has 80 valence electrons. The molecule has 2 rings (SSSR count). The summed E-state index contributed by atoms with van der Waals surface area (Å²) >= 11 is 1.61. The molecule has 6 heteroatoms. The van der Waals surface area contributed by atoms with Crippen molar-refractivity contribution in [1.82, 2.24) is 15.1 Å². The van der Waals surface area contributed by atoms with Crippen molar-refractivity contribution in [2.24, 2.45) is 0 Å². The van der Waals surface area contributed by atoms with Gasteiger partial charge in [0, 0.05) is 17.6 Å². The SMILES string of the molecule is CCNc1nc(Cc2nc(C)cs2)no1. The van der Waals surface area contributed by atoms with E-state index < -0.39 is 0 Å². The van der Waals surface area contributed by atoms with Crippen molar-refractivity contribution in [1.29, 1.82) is 0 Å². The number of aromatic nitrogens is 3. The van der Waals surface area contributed by atoms with Gasteiger partial charge in [-0.25, -0.2) is 4.98 Å². The van der Waals surface area contributed by atoms with E-state index in [9.17, 15) is 0 Å². The van der Waals surface area contributed by atoms with Crippen LogP contribution in [0.5, 0.6) is 0 Å². The van der Waals surface area contributed by atoms with Crippen LogP contribution in [0.4, 0.5) is 6.01 Å². The number of anilines is 1. The highest BCUT2D eigenvalue weighted by molar-refractivity contribution is 7.09. The van der Waals surface area contributed by atoms with Crippen LogP contribution in [0.2, 0.25) is 0 Å². The van der Waals surface area contributed by atoms with Crippen molar-refractivity contribution in [3.63, 3.8) is 0 Å². The molecule has 0 aromatic carbocycles. The summed E-state index contributed by atoms with van der Waals surface area (Å²) in [6, 6.07) is 0.473. The van der Waals surface area contributed by atoms with Crippen LogP contribution in [-0.4, -0.2) is 21.7 Å². The molecule has 15 heavy (non-hydrogen) atoms. The summed E-state index contributed by atoms with van der Waals surface area (Å²) in [7, 11) is 0. The summed E-state index contributed by atoms with van der Waals surface area (Å²) in [6.07, 6.45) is 0.632. The maximum absolute atomic E-state index is 4.99. The second kappa shape index (κ2) is 4.39. The molecule has 5 nitrogen and oxygen atoms in total. The third-order valence-electron chi connectivity index (χ3n) is 1.77. The summed E-state index contributed by atoms with van der Waals surface area (Å²) in [5.74, 6) is 0.667. The summed E-state index contributed by atoms with van der Waals surface area (Å²) in [4.78, 5) is 8.52. The fourth-order valence-corrected chi connectivity index (χ4v) is 1.94. The van der Waals surface area contributed by atoms with Gasteiger partial charge in [0.25, 0.3) is 0 Å². The normalized spacial score (nSPS) is 10.5. The largest absolute Gasteiger partial charge is 0.338 e. The lowest BCUT2D eigenvalue weighted by molar-refractivity contribution is 0.424. The van der Waals surface area contributed by atoms with E-state index in [4.69, 9.17) is 4.52 Å². The van der Waals surface area contributed by atoms with E-state index in [1.165, 1.54) is 0 Å². The van der Waals surface area contributed by atoms with Gasteiger partial charge in [-0.3, -0.25) is 0 Å². The molecule has 0 spiro atoms. The first-order chi connectivity index (χ1) is 7.28. The van der Waals surface area contributed by atoms with E-state index in [0.717, 1.165) is 17.2 Å². The lowest BCUT2D eigenvalue weighted by atomic mass is 10.4. The molecule has 0 fully saturated rings. The van der Waals surface area contributed by atoms with Gasteiger partial charge < -0.3 is 9.84 Å². The Hall–Kier alpha value is -1.43. The number of hydrogen-bond acceptors (Lipinski definition) is 6. The Morgan fingerprint density at radius 1 is 1.47 bits per heavy atom. The molecular formula is C9H12N4OS. The number of hydrogen-bond donors (Lipinski definition) is 1. The molecule has 0 saturated heterocycles. The van der Waals surface area contributed by atoms with Gasteiger partial charge in [0.15, 0.2) is 5.82 Å².